The highest BCUT2D eigenvalue weighted by atomic mass is 16.4. The molecule has 0 spiro atoms. The van der Waals surface area contributed by atoms with Crippen LogP contribution in [0.3, 0.4) is 0 Å². The molecule has 0 saturated carbocycles. The zero-order valence-electron chi connectivity index (χ0n) is 10.3. The number of aliphatic hydroxyl groups excluding tert-OH is 1. The van der Waals surface area contributed by atoms with Crippen LogP contribution in [-0.2, 0) is 16.0 Å². The minimum atomic E-state index is -1.14. The van der Waals surface area contributed by atoms with Crippen molar-refractivity contribution < 1.29 is 19.8 Å². The molecule has 4 N–H and O–H groups in total. The first-order valence-electron chi connectivity index (χ1n) is 6.10. The Hall–Kier alpha value is -2.08. The van der Waals surface area contributed by atoms with Crippen molar-refractivity contribution in [2.24, 2.45) is 0 Å². The monoisotopic (exact) mass is 264 g/mol. The summed E-state index contributed by atoms with van der Waals surface area (Å²) in [5, 5.41) is 23.2. The van der Waals surface area contributed by atoms with Gasteiger partial charge >= 0.3 is 5.97 Å². The molecule has 1 amide bonds. The van der Waals surface area contributed by atoms with Gasteiger partial charge in [0.15, 0.2) is 0 Å². The third-order valence-corrected chi connectivity index (χ3v) is 3.12. The van der Waals surface area contributed by atoms with Crippen LogP contribution < -0.4 is 10.6 Å². The second-order valence-corrected chi connectivity index (χ2v) is 4.47. The van der Waals surface area contributed by atoms with Gasteiger partial charge in [0.2, 0.25) is 5.91 Å². The molecule has 19 heavy (non-hydrogen) atoms. The van der Waals surface area contributed by atoms with Crippen LogP contribution in [0, 0.1) is 0 Å². The van der Waals surface area contributed by atoms with Gasteiger partial charge in [-0.25, -0.2) is 4.79 Å². The number of amides is 1. The Bertz CT molecular complexity index is 464. The molecule has 6 nitrogen and oxygen atoms in total. The molecule has 1 unspecified atom stereocenters. The molecule has 1 aromatic rings. The van der Waals surface area contributed by atoms with Crippen molar-refractivity contribution in [3.05, 3.63) is 29.8 Å². The van der Waals surface area contributed by atoms with Crippen molar-refractivity contribution >= 4 is 17.6 Å². The van der Waals surface area contributed by atoms with Crippen LogP contribution in [0.25, 0.3) is 0 Å². The number of fused-ring (bicyclic) bond motifs is 1. The Labute approximate surface area is 110 Å². The van der Waals surface area contributed by atoms with Crippen molar-refractivity contribution in [1.29, 1.82) is 0 Å². The van der Waals surface area contributed by atoms with Gasteiger partial charge < -0.3 is 20.8 Å². The molecule has 0 aliphatic carbocycles. The van der Waals surface area contributed by atoms with Gasteiger partial charge in [-0.15, -0.1) is 0 Å². The summed E-state index contributed by atoms with van der Waals surface area (Å²) < 4.78 is 0. The van der Waals surface area contributed by atoms with E-state index in [0.717, 1.165) is 11.3 Å². The number of carboxylic acid groups (broad SMARTS) is 1. The van der Waals surface area contributed by atoms with Gasteiger partial charge in [-0.05, 0) is 11.6 Å². The highest BCUT2D eigenvalue weighted by molar-refractivity contribution is 5.90. The summed E-state index contributed by atoms with van der Waals surface area (Å²) in [6, 6.07) is 6.06. The topological polar surface area (TPSA) is 98.7 Å². The Morgan fingerprint density at radius 2 is 2.16 bits per heavy atom. The molecular formula is C13H16N2O4. The predicted octanol–water partition coefficient (Wildman–Crippen LogP) is -0.0250. The maximum atomic E-state index is 12.0. The van der Waals surface area contributed by atoms with E-state index in [-0.39, 0.29) is 18.9 Å². The minimum Gasteiger partial charge on any atom is -0.480 e. The van der Waals surface area contributed by atoms with Gasteiger partial charge in [0.25, 0.3) is 0 Å². The van der Waals surface area contributed by atoms with Crippen LogP contribution in [-0.4, -0.2) is 40.8 Å². The number of aliphatic carboxylic acids is 1. The first-order chi connectivity index (χ1) is 9.11. The van der Waals surface area contributed by atoms with Crippen LogP contribution in [0.15, 0.2) is 24.3 Å². The fraction of sp³-hybridized carbons (Fsp3) is 0.385. The lowest BCUT2D eigenvalue weighted by Gasteiger charge is -2.17. The first kappa shape index (κ1) is 13.4. The quantitative estimate of drug-likeness (QED) is 0.599. The van der Waals surface area contributed by atoms with Gasteiger partial charge in [0, 0.05) is 25.1 Å². The number of hydrogen-bond acceptors (Lipinski definition) is 4. The third-order valence-electron chi connectivity index (χ3n) is 3.12. The maximum Gasteiger partial charge on any atom is 0.326 e. The Morgan fingerprint density at radius 1 is 1.42 bits per heavy atom. The number of rotatable bonds is 5. The fourth-order valence-electron chi connectivity index (χ4n) is 2.11. The molecule has 0 bridgehead atoms. The number of carboxylic acids is 1. The second kappa shape index (κ2) is 5.71. The van der Waals surface area contributed by atoms with E-state index in [9.17, 15) is 9.59 Å². The van der Waals surface area contributed by atoms with Gasteiger partial charge in [-0.2, -0.15) is 0 Å². The first-order valence-corrected chi connectivity index (χ1v) is 6.10. The third kappa shape index (κ3) is 3.03. The Balaban J connectivity index is 1.97. The molecule has 1 aliphatic heterocycles. The molecule has 1 heterocycles. The van der Waals surface area contributed by atoms with E-state index in [2.05, 4.69) is 10.6 Å². The lowest BCUT2D eigenvalue weighted by Crippen LogP contribution is -2.47. The summed E-state index contributed by atoms with van der Waals surface area (Å²) in [7, 11) is 0. The molecule has 1 aliphatic rings. The molecule has 2 rings (SSSR count). The van der Waals surface area contributed by atoms with Gasteiger partial charge in [-0.1, -0.05) is 18.2 Å². The number of aliphatic hydroxyl groups is 1. The number of nitrogens with one attached hydrogen (secondary N) is 2. The highest BCUT2D eigenvalue weighted by Crippen LogP contribution is 2.25. The molecule has 2 atom stereocenters. The standard InChI is InChI=1S/C13H16N2O4/c16-6-5-10(13(18)19)15-12(17)11-7-8-3-1-2-4-9(8)14-11/h1-4,10-11,14,16H,5-7H2,(H,15,17)(H,18,19)/t10-,11?/m1/s1. The number of anilines is 1. The summed E-state index contributed by atoms with van der Waals surface area (Å²) in [5.74, 6) is -1.50. The molecule has 1 aromatic carbocycles. The number of benzene rings is 1. The van der Waals surface area contributed by atoms with Crippen LogP contribution in [0.1, 0.15) is 12.0 Å². The van der Waals surface area contributed by atoms with Crippen LogP contribution in [0.2, 0.25) is 0 Å². The largest absolute Gasteiger partial charge is 0.480 e. The molecule has 0 aromatic heterocycles. The minimum absolute atomic E-state index is 0.000736. The lowest BCUT2D eigenvalue weighted by molar-refractivity contribution is -0.142. The summed E-state index contributed by atoms with van der Waals surface area (Å²) >= 11 is 0. The van der Waals surface area contributed by atoms with Crippen LogP contribution in [0.4, 0.5) is 5.69 Å². The maximum absolute atomic E-state index is 12.0. The van der Waals surface area contributed by atoms with Crippen LogP contribution >= 0.6 is 0 Å². The highest BCUT2D eigenvalue weighted by Gasteiger charge is 2.29. The van der Waals surface area contributed by atoms with E-state index < -0.39 is 18.1 Å². The van der Waals surface area contributed by atoms with Crippen molar-refractivity contribution in [3.8, 4) is 0 Å². The van der Waals surface area contributed by atoms with Crippen molar-refractivity contribution in [1.82, 2.24) is 5.32 Å². The predicted molar refractivity (Wildman–Crippen MR) is 68.8 cm³/mol. The molecule has 0 fully saturated rings. The second-order valence-electron chi connectivity index (χ2n) is 4.47. The van der Waals surface area contributed by atoms with E-state index in [1.807, 2.05) is 24.3 Å². The molecule has 102 valence electrons. The number of para-hydroxylation sites is 1. The number of hydrogen-bond donors (Lipinski definition) is 4. The summed E-state index contributed by atoms with van der Waals surface area (Å²) in [6.45, 7) is -0.282. The normalized spacial score (nSPS) is 18.3. The van der Waals surface area contributed by atoms with E-state index in [1.165, 1.54) is 0 Å². The Kier molecular flexibility index (Phi) is 4.01. The van der Waals surface area contributed by atoms with Crippen molar-refractivity contribution in [2.45, 2.75) is 24.9 Å². The molecular weight excluding hydrogens is 248 g/mol. The molecule has 6 heteroatoms. The zero-order chi connectivity index (χ0) is 13.8. The smallest absolute Gasteiger partial charge is 0.326 e. The van der Waals surface area contributed by atoms with E-state index >= 15 is 0 Å². The van der Waals surface area contributed by atoms with Crippen molar-refractivity contribution in [3.63, 3.8) is 0 Å². The SMILES string of the molecule is O=C(N[C@H](CCO)C(=O)O)C1Cc2ccccc2N1. The number of carbonyl (C=O) groups is 2. The van der Waals surface area contributed by atoms with Gasteiger partial charge in [0.1, 0.15) is 12.1 Å². The Morgan fingerprint density at radius 3 is 2.79 bits per heavy atom. The average Bonchev–Trinajstić information content (AvgIpc) is 2.81. The fourth-order valence-corrected chi connectivity index (χ4v) is 2.11. The summed E-state index contributed by atoms with van der Waals surface area (Å²) in [4.78, 5) is 22.9. The van der Waals surface area contributed by atoms with E-state index in [1.54, 1.807) is 0 Å². The van der Waals surface area contributed by atoms with E-state index in [0.29, 0.717) is 6.42 Å². The van der Waals surface area contributed by atoms with Gasteiger partial charge in [0.05, 0.1) is 0 Å². The van der Waals surface area contributed by atoms with E-state index in [4.69, 9.17) is 10.2 Å². The number of carbonyl (C=O) groups excluding carboxylic acids is 1. The lowest BCUT2D eigenvalue weighted by atomic mass is 10.1. The molecule has 0 radical (unpaired) electrons. The summed E-state index contributed by atoms with van der Waals surface area (Å²) in [5.41, 5.74) is 1.94. The molecule has 0 saturated heterocycles. The average molecular weight is 264 g/mol. The van der Waals surface area contributed by atoms with Gasteiger partial charge in [-0.3, -0.25) is 4.79 Å². The summed E-state index contributed by atoms with van der Waals surface area (Å²) in [6.07, 6.45) is 0.536. The van der Waals surface area contributed by atoms with Crippen molar-refractivity contribution in [2.75, 3.05) is 11.9 Å². The zero-order valence-corrected chi connectivity index (χ0v) is 10.3. The van der Waals surface area contributed by atoms with Crippen LogP contribution in [0.5, 0.6) is 0 Å².